The number of rotatable bonds is 4. The zero-order chi connectivity index (χ0) is 17.3. The molecule has 8 heteroatoms. The minimum atomic E-state index is -3.57. The number of hydrogen-bond donors (Lipinski definition) is 0. The lowest BCUT2D eigenvalue weighted by Gasteiger charge is -2.24. The fourth-order valence-electron chi connectivity index (χ4n) is 2.54. The summed E-state index contributed by atoms with van der Waals surface area (Å²) < 4.78 is 33.5. The highest BCUT2D eigenvalue weighted by molar-refractivity contribution is 9.10. The van der Waals surface area contributed by atoms with E-state index in [1.165, 1.54) is 4.31 Å². The minimum absolute atomic E-state index is 0.256. The molecule has 0 bridgehead atoms. The van der Waals surface area contributed by atoms with Crippen LogP contribution in [0.1, 0.15) is 10.9 Å². The van der Waals surface area contributed by atoms with E-state index in [1.54, 1.807) is 43.1 Å². The van der Waals surface area contributed by atoms with E-state index in [-0.39, 0.29) is 10.3 Å². The number of methoxy groups -OCH3 is 1. The summed E-state index contributed by atoms with van der Waals surface area (Å²) in [5, 5.41) is 0.258. The highest BCUT2D eigenvalue weighted by Crippen LogP contribution is 2.43. The number of thioether (sulfide) groups is 1. The van der Waals surface area contributed by atoms with Crippen LogP contribution >= 0.6 is 39.3 Å². The topological polar surface area (TPSA) is 46.6 Å². The fraction of sp³-hybridized carbons (Fsp3) is 0.250. The standard InChI is InChI=1S/C16H15BrClNO3S2/c1-22-15-7-2-11(10-14(15)17)16-19(8-9-23-16)24(20,21)13-5-3-12(18)4-6-13/h2-7,10,16H,8-9H2,1H3. The number of benzene rings is 2. The summed E-state index contributed by atoms with van der Waals surface area (Å²) in [5.41, 5.74) is 0.919. The van der Waals surface area contributed by atoms with Gasteiger partial charge in [-0.2, -0.15) is 4.31 Å². The molecule has 0 aliphatic carbocycles. The van der Waals surface area contributed by atoms with Crippen LogP contribution in [0.4, 0.5) is 0 Å². The van der Waals surface area contributed by atoms with E-state index in [0.29, 0.717) is 17.3 Å². The van der Waals surface area contributed by atoms with Gasteiger partial charge in [0.05, 0.1) is 21.9 Å². The molecule has 24 heavy (non-hydrogen) atoms. The SMILES string of the molecule is COc1ccc(C2SCCN2S(=O)(=O)c2ccc(Cl)cc2)cc1Br. The van der Waals surface area contributed by atoms with E-state index in [0.717, 1.165) is 15.8 Å². The maximum absolute atomic E-state index is 13.0. The van der Waals surface area contributed by atoms with Crippen molar-refractivity contribution in [2.75, 3.05) is 19.4 Å². The van der Waals surface area contributed by atoms with Crippen LogP contribution < -0.4 is 4.74 Å². The molecule has 2 aromatic rings. The zero-order valence-corrected chi connectivity index (χ0v) is 16.8. The van der Waals surface area contributed by atoms with Crippen LogP contribution in [0.15, 0.2) is 51.8 Å². The van der Waals surface area contributed by atoms with Crippen molar-refractivity contribution in [1.82, 2.24) is 4.31 Å². The van der Waals surface area contributed by atoms with Gasteiger partial charge in [0.15, 0.2) is 0 Å². The number of hydrogen-bond acceptors (Lipinski definition) is 4. The van der Waals surface area contributed by atoms with Gasteiger partial charge in [0.2, 0.25) is 10.0 Å². The lowest BCUT2D eigenvalue weighted by atomic mass is 10.2. The Hall–Kier alpha value is -0.730. The van der Waals surface area contributed by atoms with Crippen molar-refractivity contribution in [2.24, 2.45) is 0 Å². The van der Waals surface area contributed by atoms with Crippen molar-refractivity contribution in [3.63, 3.8) is 0 Å². The second-order valence-corrected chi connectivity index (χ2v) is 9.56. The van der Waals surface area contributed by atoms with Gasteiger partial charge in [-0.25, -0.2) is 8.42 Å². The van der Waals surface area contributed by atoms with Gasteiger partial charge in [-0.15, -0.1) is 11.8 Å². The molecule has 0 saturated carbocycles. The molecule has 1 atom stereocenters. The summed E-state index contributed by atoms with van der Waals surface area (Å²) in [6.07, 6.45) is 0. The van der Waals surface area contributed by atoms with Gasteiger partial charge in [-0.05, 0) is 57.9 Å². The van der Waals surface area contributed by atoms with Crippen molar-refractivity contribution in [1.29, 1.82) is 0 Å². The van der Waals surface area contributed by atoms with Gasteiger partial charge in [-0.1, -0.05) is 17.7 Å². The van der Waals surface area contributed by atoms with Crippen LogP contribution in [0.25, 0.3) is 0 Å². The molecule has 1 heterocycles. The van der Waals surface area contributed by atoms with E-state index in [9.17, 15) is 8.42 Å². The summed E-state index contributed by atoms with van der Waals surface area (Å²) in [6.45, 7) is 0.476. The lowest BCUT2D eigenvalue weighted by molar-refractivity contribution is 0.410. The quantitative estimate of drug-likeness (QED) is 0.688. The monoisotopic (exact) mass is 447 g/mol. The Labute approximate surface area is 159 Å². The second kappa shape index (κ2) is 7.25. The summed E-state index contributed by atoms with van der Waals surface area (Å²) in [4.78, 5) is 0.256. The van der Waals surface area contributed by atoms with E-state index in [4.69, 9.17) is 16.3 Å². The van der Waals surface area contributed by atoms with E-state index < -0.39 is 10.0 Å². The van der Waals surface area contributed by atoms with Crippen LogP contribution in [-0.4, -0.2) is 32.1 Å². The Morgan fingerprint density at radius 1 is 1.25 bits per heavy atom. The van der Waals surface area contributed by atoms with Crippen LogP contribution in [0.3, 0.4) is 0 Å². The van der Waals surface area contributed by atoms with Gasteiger partial charge < -0.3 is 4.74 Å². The Bertz CT molecular complexity index is 843. The number of nitrogens with zero attached hydrogens (tertiary/aromatic N) is 1. The third kappa shape index (κ3) is 3.46. The van der Waals surface area contributed by atoms with E-state index in [1.807, 2.05) is 18.2 Å². The van der Waals surface area contributed by atoms with Gasteiger partial charge >= 0.3 is 0 Å². The number of halogens is 2. The molecule has 0 spiro atoms. The summed E-state index contributed by atoms with van der Waals surface area (Å²) >= 11 is 10.9. The first-order valence-corrected chi connectivity index (χ1v) is 10.8. The minimum Gasteiger partial charge on any atom is -0.496 e. The molecular weight excluding hydrogens is 434 g/mol. The first-order valence-electron chi connectivity index (χ1n) is 7.16. The van der Waals surface area contributed by atoms with Gasteiger partial charge in [-0.3, -0.25) is 0 Å². The van der Waals surface area contributed by atoms with E-state index in [2.05, 4.69) is 15.9 Å². The normalized spacial score (nSPS) is 18.7. The van der Waals surface area contributed by atoms with Crippen LogP contribution in [0.5, 0.6) is 5.75 Å². The van der Waals surface area contributed by atoms with Crippen molar-refractivity contribution >= 4 is 49.3 Å². The number of sulfonamides is 1. The smallest absolute Gasteiger partial charge is 0.244 e. The molecule has 0 amide bonds. The molecule has 4 nitrogen and oxygen atoms in total. The van der Waals surface area contributed by atoms with Gasteiger partial charge in [0.25, 0.3) is 0 Å². The Kier molecular flexibility index (Phi) is 5.46. The largest absolute Gasteiger partial charge is 0.496 e. The van der Waals surface area contributed by atoms with Crippen LogP contribution in [0.2, 0.25) is 5.02 Å². The highest BCUT2D eigenvalue weighted by Gasteiger charge is 2.37. The molecule has 1 aliphatic rings. The first kappa shape index (κ1) is 18.1. The predicted octanol–water partition coefficient (Wildman–Crippen LogP) is 4.55. The molecule has 1 saturated heterocycles. The lowest BCUT2D eigenvalue weighted by Crippen LogP contribution is -2.30. The Morgan fingerprint density at radius 2 is 1.96 bits per heavy atom. The third-order valence-corrected chi connectivity index (χ3v) is 7.87. The van der Waals surface area contributed by atoms with Crippen LogP contribution in [0, 0.1) is 0 Å². The van der Waals surface area contributed by atoms with Crippen molar-refractivity contribution in [2.45, 2.75) is 10.3 Å². The average Bonchev–Trinajstić information content (AvgIpc) is 3.05. The molecule has 128 valence electrons. The van der Waals surface area contributed by atoms with Gasteiger partial charge in [0.1, 0.15) is 5.75 Å². The first-order chi connectivity index (χ1) is 11.4. The molecule has 1 unspecified atom stereocenters. The molecule has 3 rings (SSSR count). The van der Waals surface area contributed by atoms with Crippen molar-refractivity contribution in [3.05, 3.63) is 57.5 Å². The molecule has 1 fully saturated rings. The average molecular weight is 449 g/mol. The molecular formula is C16H15BrClNO3S2. The highest BCUT2D eigenvalue weighted by atomic mass is 79.9. The maximum Gasteiger partial charge on any atom is 0.244 e. The number of ether oxygens (including phenoxy) is 1. The summed E-state index contributed by atoms with van der Waals surface area (Å²) in [5.74, 6) is 1.47. The van der Waals surface area contributed by atoms with Crippen molar-refractivity contribution < 1.29 is 13.2 Å². The predicted molar refractivity (Wildman–Crippen MR) is 101 cm³/mol. The third-order valence-electron chi connectivity index (χ3n) is 3.73. The van der Waals surface area contributed by atoms with Crippen LogP contribution in [-0.2, 0) is 10.0 Å². The molecule has 1 aliphatic heterocycles. The van der Waals surface area contributed by atoms with E-state index >= 15 is 0 Å². The Balaban J connectivity index is 1.95. The summed E-state index contributed by atoms with van der Waals surface area (Å²) in [6, 6.07) is 11.9. The summed E-state index contributed by atoms with van der Waals surface area (Å²) in [7, 11) is -1.98. The molecule has 2 aromatic carbocycles. The second-order valence-electron chi connectivity index (χ2n) is 5.19. The Morgan fingerprint density at radius 3 is 2.58 bits per heavy atom. The molecule has 0 aromatic heterocycles. The molecule has 0 N–H and O–H groups in total. The molecule has 0 radical (unpaired) electrons. The van der Waals surface area contributed by atoms with Gasteiger partial charge in [0, 0.05) is 17.3 Å². The van der Waals surface area contributed by atoms with Crippen molar-refractivity contribution in [3.8, 4) is 5.75 Å². The maximum atomic E-state index is 13.0. The fourth-order valence-corrected chi connectivity index (χ4v) is 6.46. The zero-order valence-electron chi connectivity index (χ0n) is 12.8.